The first kappa shape index (κ1) is 16.1. The fourth-order valence-corrected chi connectivity index (χ4v) is 1.80. The largest absolute Gasteiger partial charge is 0.481 e. The molecule has 0 saturated heterocycles. The van der Waals surface area contributed by atoms with Gasteiger partial charge in [0, 0.05) is 31.0 Å². The van der Waals surface area contributed by atoms with Gasteiger partial charge < -0.3 is 14.9 Å². The highest BCUT2D eigenvalue weighted by molar-refractivity contribution is 5.94. The summed E-state index contributed by atoms with van der Waals surface area (Å²) < 4.78 is 0. The van der Waals surface area contributed by atoms with Crippen molar-refractivity contribution in [3.05, 3.63) is 30.1 Å². The van der Waals surface area contributed by atoms with E-state index in [9.17, 15) is 9.59 Å². The Bertz CT molecular complexity index is 435. The molecule has 0 aliphatic carbocycles. The van der Waals surface area contributed by atoms with E-state index >= 15 is 0 Å². The molecule has 6 heteroatoms. The van der Waals surface area contributed by atoms with E-state index in [1.165, 1.54) is 0 Å². The normalized spacial score (nSPS) is 10.6. The monoisotopic (exact) mass is 279 g/mol. The minimum atomic E-state index is -0.898. The van der Waals surface area contributed by atoms with Gasteiger partial charge in [0.1, 0.15) is 0 Å². The third-order valence-electron chi connectivity index (χ3n) is 2.84. The molecule has 0 atom stereocenters. The first-order chi connectivity index (χ1) is 9.50. The van der Waals surface area contributed by atoms with Gasteiger partial charge in [-0.25, -0.2) is 0 Å². The second kappa shape index (κ2) is 8.27. The maximum Gasteiger partial charge on any atom is 0.305 e. The van der Waals surface area contributed by atoms with Crippen molar-refractivity contribution >= 4 is 11.9 Å². The molecule has 0 aliphatic rings. The minimum Gasteiger partial charge on any atom is -0.481 e. The molecule has 110 valence electrons. The summed E-state index contributed by atoms with van der Waals surface area (Å²) in [5.41, 5.74) is 0.537. The van der Waals surface area contributed by atoms with Crippen molar-refractivity contribution in [1.29, 1.82) is 0 Å². The standard InChI is InChI=1S/C14H21N3O3/c1-16(2)9-3-10-17(11-6-13(18)19)14(20)12-4-7-15-8-5-12/h4-5,7-8H,3,6,9-11H2,1-2H3,(H,18,19). The molecule has 0 fully saturated rings. The maximum absolute atomic E-state index is 12.3. The molecule has 0 unspecified atom stereocenters. The minimum absolute atomic E-state index is 0.0429. The number of carbonyl (C=O) groups is 2. The van der Waals surface area contributed by atoms with Crippen LogP contribution in [0.3, 0.4) is 0 Å². The maximum atomic E-state index is 12.3. The van der Waals surface area contributed by atoms with Crippen LogP contribution in [0.15, 0.2) is 24.5 Å². The molecular weight excluding hydrogens is 258 g/mol. The molecule has 1 aromatic heterocycles. The number of carboxylic acid groups (broad SMARTS) is 1. The lowest BCUT2D eigenvalue weighted by Gasteiger charge is -2.23. The summed E-state index contributed by atoms with van der Waals surface area (Å²) in [7, 11) is 3.93. The van der Waals surface area contributed by atoms with Gasteiger partial charge in [-0.3, -0.25) is 14.6 Å². The van der Waals surface area contributed by atoms with Crippen LogP contribution < -0.4 is 0 Å². The zero-order chi connectivity index (χ0) is 15.0. The fraction of sp³-hybridized carbons (Fsp3) is 0.500. The number of rotatable bonds is 8. The Labute approximate surface area is 119 Å². The molecule has 0 spiro atoms. The van der Waals surface area contributed by atoms with Crippen LogP contribution in [-0.2, 0) is 4.79 Å². The molecular formula is C14H21N3O3. The fourth-order valence-electron chi connectivity index (χ4n) is 1.80. The predicted molar refractivity (Wildman–Crippen MR) is 75.6 cm³/mol. The summed E-state index contributed by atoms with van der Waals surface area (Å²) in [4.78, 5) is 30.5. The number of amides is 1. The molecule has 1 rings (SSSR count). The molecule has 1 aromatic rings. The van der Waals surface area contributed by atoms with E-state index in [-0.39, 0.29) is 18.9 Å². The Morgan fingerprint density at radius 1 is 1.15 bits per heavy atom. The molecule has 0 radical (unpaired) electrons. The molecule has 20 heavy (non-hydrogen) atoms. The van der Waals surface area contributed by atoms with Gasteiger partial charge in [-0.1, -0.05) is 0 Å². The third-order valence-corrected chi connectivity index (χ3v) is 2.84. The van der Waals surface area contributed by atoms with Crippen molar-refractivity contribution in [1.82, 2.24) is 14.8 Å². The van der Waals surface area contributed by atoms with Gasteiger partial charge in [-0.15, -0.1) is 0 Å². The van der Waals surface area contributed by atoms with Crippen LogP contribution in [0.25, 0.3) is 0 Å². The zero-order valence-electron chi connectivity index (χ0n) is 12.0. The quantitative estimate of drug-likeness (QED) is 0.767. The van der Waals surface area contributed by atoms with Gasteiger partial charge >= 0.3 is 5.97 Å². The lowest BCUT2D eigenvalue weighted by molar-refractivity contribution is -0.137. The van der Waals surface area contributed by atoms with Crippen LogP contribution in [0.5, 0.6) is 0 Å². The number of hydrogen-bond acceptors (Lipinski definition) is 4. The Balaban J connectivity index is 2.65. The van der Waals surface area contributed by atoms with E-state index in [4.69, 9.17) is 5.11 Å². The summed E-state index contributed by atoms with van der Waals surface area (Å²) >= 11 is 0. The van der Waals surface area contributed by atoms with Gasteiger partial charge in [0.05, 0.1) is 6.42 Å². The van der Waals surface area contributed by atoms with Crippen LogP contribution in [0.4, 0.5) is 0 Å². The van der Waals surface area contributed by atoms with E-state index in [2.05, 4.69) is 4.98 Å². The van der Waals surface area contributed by atoms with E-state index in [1.54, 1.807) is 29.4 Å². The van der Waals surface area contributed by atoms with Crippen LogP contribution in [0, 0.1) is 0 Å². The highest BCUT2D eigenvalue weighted by Gasteiger charge is 2.16. The van der Waals surface area contributed by atoms with Crippen molar-refractivity contribution in [3.8, 4) is 0 Å². The Hall–Kier alpha value is -1.95. The number of hydrogen-bond donors (Lipinski definition) is 1. The topological polar surface area (TPSA) is 73.7 Å². The summed E-state index contributed by atoms with van der Waals surface area (Å²) in [6.45, 7) is 1.63. The van der Waals surface area contributed by atoms with Crippen LogP contribution in [-0.4, -0.2) is 65.5 Å². The van der Waals surface area contributed by atoms with Crippen LogP contribution in [0.2, 0.25) is 0 Å². The second-order valence-electron chi connectivity index (χ2n) is 4.83. The zero-order valence-corrected chi connectivity index (χ0v) is 12.0. The van der Waals surface area contributed by atoms with E-state index in [0.717, 1.165) is 13.0 Å². The first-order valence-corrected chi connectivity index (χ1v) is 6.56. The van der Waals surface area contributed by atoms with Crippen LogP contribution in [0.1, 0.15) is 23.2 Å². The Morgan fingerprint density at radius 2 is 1.80 bits per heavy atom. The molecule has 6 nitrogen and oxygen atoms in total. The highest BCUT2D eigenvalue weighted by atomic mass is 16.4. The Morgan fingerprint density at radius 3 is 2.35 bits per heavy atom. The van der Waals surface area contributed by atoms with Gasteiger partial charge in [-0.2, -0.15) is 0 Å². The molecule has 0 aliphatic heterocycles. The number of aromatic nitrogens is 1. The average Bonchev–Trinajstić information content (AvgIpc) is 2.42. The first-order valence-electron chi connectivity index (χ1n) is 6.56. The molecule has 0 aromatic carbocycles. The highest BCUT2D eigenvalue weighted by Crippen LogP contribution is 2.05. The van der Waals surface area contributed by atoms with E-state index in [0.29, 0.717) is 12.1 Å². The smallest absolute Gasteiger partial charge is 0.305 e. The van der Waals surface area contributed by atoms with Crippen molar-refractivity contribution in [2.75, 3.05) is 33.7 Å². The van der Waals surface area contributed by atoms with Gasteiger partial charge in [0.2, 0.25) is 0 Å². The predicted octanol–water partition coefficient (Wildman–Crippen LogP) is 0.950. The van der Waals surface area contributed by atoms with Crippen LogP contribution >= 0.6 is 0 Å². The molecule has 0 bridgehead atoms. The number of aliphatic carboxylic acids is 1. The number of carboxylic acids is 1. The van der Waals surface area contributed by atoms with Gasteiger partial charge in [0.25, 0.3) is 5.91 Å². The molecule has 1 heterocycles. The average molecular weight is 279 g/mol. The van der Waals surface area contributed by atoms with Crippen molar-refractivity contribution in [2.45, 2.75) is 12.8 Å². The van der Waals surface area contributed by atoms with Gasteiger partial charge in [-0.05, 0) is 39.2 Å². The van der Waals surface area contributed by atoms with E-state index in [1.807, 2.05) is 19.0 Å². The number of nitrogens with zero attached hydrogens (tertiary/aromatic N) is 3. The molecule has 0 saturated carbocycles. The summed E-state index contributed by atoms with van der Waals surface area (Å²) in [6.07, 6.45) is 3.88. The third kappa shape index (κ3) is 5.79. The molecule has 1 N–H and O–H groups in total. The Kier molecular flexibility index (Phi) is 6.66. The van der Waals surface area contributed by atoms with Crippen molar-refractivity contribution < 1.29 is 14.7 Å². The van der Waals surface area contributed by atoms with Crippen molar-refractivity contribution in [3.63, 3.8) is 0 Å². The summed E-state index contributed by atoms with van der Waals surface area (Å²) in [5.74, 6) is -1.04. The second-order valence-corrected chi connectivity index (χ2v) is 4.83. The SMILES string of the molecule is CN(C)CCCN(CCC(=O)O)C(=O)c1ccncc1. The number of carbonyl (C=O) groups excluding carboxylic acids is 1. The number of pyridine rings is 1. The van der Waals surface area contributed by atoms with E-state index < -0.39 is 5.97 Å². The van der Waals surface area contributed by atoms with Crippen molar-refractivity contribution in [2.24, 2.45) is 0 Å². The molecule has 1 amide bonds. The lowest BCUT2D eigenvalue weighted by Crippen LogP contribution is -2.35. The summed E-state index contributed by atoms with van der Waals surface area (Å²) in [5, 5.41) is 8.77. The van der Waals surface area contributed by atoms with Gasteiger partial charge in [0.15, 0.2) is 0 Å². The lowest BCUT2D eigenvalue weighted by atomic mass is 10.2. The summed E-state index contributed by atoms with van der Waals surface area (Å²) in [6, 6.07) is 3.28.